The van der Waals surface area contributed by atoms with E-state index < -0.39 is 0 Å². The van der Waals surface area contributed by atoms with E-state index >= 15 is 0 Å². The van der Waals surface area contributed by atoms with E-state index in [4.69, 9.17) is 10.6 Å². The SMILES string of the molecule is NNCC1CCC2(CCCC2)O1. The Bertz CT molecular complexity index is 155. The summed E-state index contributed by atoms with van der Waals surface area (Å²) in [7, 11) is 0. The van der Waals surface area contributed by atoms with Gasteiger partial charge in [0.15, 0.2) is 0 Å². The molecular formula is C9H18N2O. The van der Waals surface area contributed by atoms with Gasteiger partial charge in [0.25, 0.3) is 0 Å². The molecular weight excluding hydrogens is 152 g/mol. The van der Waals surface area contributed by atoms with E-state index in [1.807, 2.05) is 0 Å². The second kappa shape index (κ2) is 3.32. The summed E-state index contributed by atoms with van der Waals surface area (Å²) in [6.45, 7) is 0.807. The van der Waals surface area contributed by atoms with Crippen molar-refractivity contribution in [2.24, 2.45) is 5.84 Å². The molecule has 1 aliphatic carbocycles. The highest BCUT2D eigenvalue weighted by atomic mass is 16.5. The summed E-state index contributed by atoms with van der Waals surface area (Å²) in [5.41, 5.74) is 2.96. The van der Waals surface area contributed by atoms with Crippen LogP contribution in [0.4, 0.5) is 0 Å². The molecule has 3 nitrogen and oxygen atoms in total. The third-order valence-electron chi connectivity index (χ3n) is 3.20. The molecule has 1 unspecified atom stereocenters. The Morgan fingerprint density at radius 2 is 2.08 bits per heavy atom. The molecule has 12 heavy (non-hydrogen) atoms. The first-order chi connectivity index (χ1) is 5.85. The molecule has 0 aromatic rings. The minimum Gasteiger partial charge on any atom is -0.370 e. The van der Waals surface area contributed by atoms with E-state index in [1.54, 1.807) is 0 Å². The zero-order chi connectivity index (χ0) is 8.44. The first kappa shape index (κ1) is 8.48. The van der Waals surface area contributed by atoms with Crippen LogP contribution in [-0.4, -0.2) is 18.2 Å². The molecule has 1 aliphatic heterocycles. The number of nitrogens with two attached hydrogens (primary N) is 1. The van der Waals surface area contributed by atoms with Crippen LogP contribution in [0.2, 0.25) is 0 Å². The van der Waals surface area contributed by atoms with E-state index in [2.05, 4.69) is 5.43 Å². The molecule has 0 aromatic heterocycles. The highest BCUT2D eigenvalue weighted by Crippen LogP contribution is 2.42. The standard InChI is InChI=1S/C9H18N2O/c10-11-7-8-3-6-9(12-8)4-1-2-5-9/h8,11H,1-7,10H2. The fraction of sp³-hybridized carbons (Fsp3) is 1.00. The van der Waals surface area contributed by atoms with Crippen molar-refractivity contribution in [2.45, 2.75) is 50.2 Å². The molecule has 0 amide bonds. The van der Waals surface area contributed by atoms with Crippen LogP contribution < -0.4 is 11.3 Å². The Labute approximate surface area is 73.6 Å². The zero-order valence-corrected chi connectivity index (χ0v) is 7.51. The van der Waals surface area contributed by atoms with Crippen LogP contribution in [0.1, 0.15) is 38.5 Å². The molecule has 0 bridgehead atoms. The monoisotopic (exact) mass is 170 g/mol. The van der Waals surface area contributed by atoms with E-state index in [0.29, 0.717) is 6.10 Å². The summed E-state index contributed by atoms with van der Waals surface area (Å²) >= 11 is 0. The number of rotatable bonds is 2. The topological polar surface area (TPSA) is 47.3 Å². The molecule has 70 valence electrons. The van der Waals surface area contributed by atoms with Crippen molar-refractivity contribution in [3.05, 3.63) is 0 Å². The maximum atomic E-state index is 6.01. The molecule has 1 saturated heterocycles. The van der Waals surface area contributed by atoms with Crippen LogP contribution in [0.5, 0.6) is 0 Å². The first-order valence-electron chi connectivity index (χ1n) is 4.96. The summed E-state index contributed by atoms with van der Waals surface area (Å²) in [6, 6.07) is 0. The summed E-state index contributed by atoms with van der Waals surface area (Å²) in [6.07, 6.45) is 8.05. The Balaban J connectivity index is 1.88. The van der Waals surface area contributed by atoms with Gasteiger partial charge in [0.1, 0.15) is 0 Å². The molecule has 2 rings (SSSR count). The molecule has 1 atom stereocenters. The van der Waals surface area contributed by atoms with Gasteiger partial charge in [-0.1, -0.05) is 12.8 Å². The van der Waals surface area contributed by atoms with Gasteiger partial charge in [-0.15, -0.1) is 0 Å². The quantitative estimate of drug-likeness (QED) is 0.479. The molecule has 0 aromatic carbocycles. The van der Waals surface area contributed by atoms with Crippen LogP contribution >= 0.6 is 0 Å². The number of hydrogen-bond donors (Lipinski definition) is 2. The molecule has 1 spiro atoms. The highest BCUT2D eigenvalue weighted by Gasteiger charge is 2.41. The largest absolute Gasteiger partial charge is 0.370 e. The third kappa shape index (κ3) is 1.49. The average Bonchev–Trinajstić information content (AvgIpc) is 2.65. The molecule has 3 N–H and O–H groups in total. The predicted molar refractivity (Wildman–Crippen MR) is 47.5 cm³/mol. The maximum Gasteiger partial charge on any atom is 0.0721 e. The van der Waals surface area contributed by atoms with E-state index in [0.717, 1.165) is 6.54 Å². The second-order valence-corrected chi connectivity index (χ2v) is 4.08. The van der Waals surface area contributed by atoms with Crippen molar-refractivity contribution < 1.29 is 4.74 Å². The van der Waals surface area contributed by atoms with Crippen molar-refractivity contribution in [3.63, 3.8) is 0 Å². The van der Waals surface area contributed by atoms with Gasteiger partial charge in [0.2, 0.25) is 0 Å². The Morgan fingerprint density at radius 3 is 2.75 bits per heavy atom. The van der Waals surface area contributed by atoms with Crippen LogP contribution in [-0.2, 0) is 4.74 Å². The maximum absolute atomic E-state index is 6.01. The van der Waals surface area contributed by atoms with Gasteiger partial charge in [0.05, 0.1) is 11.7 Å². The average molecular weight is 170 g/mol. The van der Waals surface area contributed by atoms with Gasteiger partial charge >= 0.3 is 0 Å². The van der Waals surface area contributed by atoms with Gasteiger partial charge in [-0.3, -0.25) is 11.3 Å². The summed E-state index contributed by atoms with van der Waals surface area (Å²) < 4.78 is 6.01. The van der Waals surface area contributed by atoms with Crippen LogP contribution in [0.25, 0.3) is 0 Å². The summed E-state index contributed by atoms with van der Waals surface area (Å²) in [5.74, 6) is 5.27. The minimum atomic E-state index is 0.265. The lowest BCUT2D eigenvalue weighted by Crippen LogP contribution is -2.34. The number of hydrogen-bond acceptors (Lipinski definition) is 3. The number of ether oxygens (including phenoxy) is 1. The third-order valence-corrected chi connectivity index (χ3v) is 3.20. The first-order valence-corrected chi connectivity index (χ1v) is 4.96. The molecule has 0 radical (unpaired) electrons. The summed E-state index contributed by atoms with van der Waals surface area (Å²) in [4.78, 5) is 0. The summed E-state index contributed by atoms with van der Waals surface area (Å²) in [5, 5.41) is 0. The van der Waals surface area contributed by atoms with E-state index in [1.165, 1.54) is 38.5 Å². The minimum absolute atomic E-state index is 0.265. The highest BCUT2D eigenvalue weighted by molar-refractivity contribution is 4.92. The van der Waals surface area contributed by atoms with Gasteiger partial charge < -0.3 is 4.74 Å². The lowest BCUT2D eigenvalue weighted by atomic mass is 9.98. The second-order valence-electron chi connectivity index (χ2n) is 4.08. The van der Waals surface area contributed by atoms with Crippen molar-refractivity contribution >= 4 is 0 Å². The molecule has 1 heterocycles. The van der Waals surface area contributed by atoms with Crippen molar-refractivity contribution in [2.75, 3.05) is 6.54 Å². The smallest absolute Gasteiger partial charge is 0.0721 e. The van der Waals surface area contributed by atoms with Crippen LogP contribution in [0.15, 0.2) is 0 Å². The van der Waals surface area contributed by atoms with Crippen molar-refractivity contribution in [1.82, 2.24) is 5.43 Å². The molecule has 1 saturated carbocycles. The Hall–Kier alpha value is -0.120. The molecule has 2 aliphatic rings. The van der Waals surface area contributed by atoms with Crippen molar-refractivity contribution in [1.29, 1.82) is 0 Å². The Morgan fingerprint density at radius 1 is 1.33 bits per heavy atom. The molecule has 3 heteroatoms. The number of nitrogens with one attached hydrogen (secondary N) is 1. The lowest BCUT2D eigenvalue weighted by Gasteiger charge is -2.23. The zero-order valence-electron chi connectivity index (χ0n) is 7.51. The van der Waals surface area contributed by atoms with Gasteiger partial charge in [-0.2, -0.15) is 0 Å². The van der Waals surface area contributed by atoms with Crippen LogP contribution in [0.3, 0.4) is 0 Å². The normalized spacial score (nSPS) is 33.2. The van der Waals surface area contributed by atoms with E-state index in [-0.39, 0.29) is 5.60 Å². The van der Waals surface area contributed by atoms with E-state index in [9.17, 15) is 0 Å². The molecule has 2 fully saturated rings. The fourth-order valence-corrected chi connectivity index (χ4v) is 2.56. The number of hydrazine groups is 1. The van der Waals surface area contributed by atoms with Gasteiger partial charge in [0, 0.05) is 6.54 Å². The van der Waals surface area contributed by atoms with Crippen LogP contribution in [0, 0.1) is 0 Å². The lowest BCUT2D eigenvalue weighted by molar-refractivity contribution is -0.0350. The van der Waals surface area contributed by atoms with Crippen molar-refractivity contribution in [3.8, 4) is 0 Å². The fourth-order valence-electron chi connectivity index (χ4n) is 2.56. The Kier molecular flexibility index (Phi) is 2.35. The van der Waals surface area contributed by atoms with Gasteiger partial charge in [-0.25, -0.2) is 0 Å². The van der Waals surface area contributed by atoms with Gasteiger partial charge in [-0.05, 0) is 25.7 Å². The predicted octanol–water partition coefficient (Wildman–Crippen LogP) is 0.941.